The van der Waals surface area contributed by atoms with E-state index in [1.165, 1.54) is 25.7 Å². The highest BCUT2D eigenvalue weighted by Crippen LogP contribution is 2.32. The molecule has 0 aliphatic carbocycles. The zero-order valence-corrected chi connectivity index (χ0v) is 39.2. The number of ether oxygens (including phenoxy) is 4. The summed E-state index contributed by atoms with van der Waals surface area (Å²) in [5.41, 5.74) is 9.67. The van der Waals surface area contributed by atoms with Crippen LogP contribution < -0.4 is 9.47 Å². The summed E-state index contributed by atoms with van der Waals surface area (Å²) in [5.74, 6) is 1.19. The first kappa shape index (κ1) is 48.6. The monoisotopic (exact) mass is 907 g/mol. The predicted molar refractivity (Wildman–Crippen MR) is 269 cm³/mol. The first-order valence-electron chi connectivity index (χ1n) is 24.2. The van der Waals surface area contributed by atoms with Gasteiger partial charge in [-0.15, -0.1) is 0 Å². The molecule has 0 saturated carbocycles. The summed E-state index contributed by atoms with van der Waals surface area (Å²) in [6.07, 6.45) is 11.5. The van der Waals surface area contributed by atoms with Gasteiger partial charge >= 0.3 is 11.9 Å². The van der Waals surface area contributed by atoms with E-state index in [4.69, 9.17) is 29.5 Å². The minimum Gasteiger partial charge on any atom is -0.494 e. The lowest BCUT2D eigenvalue weighted by Crippen LogP contribution is -2.05. The van der Waals surface area contributed by atoms with Gasteiger partial charge in [0.1, 0.15) is 24.7 Å². The maximum atomic E-state index is 12.8. The van der Waals surface area contributed by atoms with Crippen molar-refractivity contribution in [2.75, 3.05) is 13.2 Å². The summed E-state index contributed by atoms with van der Waals surface area (Å²) in [7, 11) is 0. The molecule has 68 heavy (non-hydrogen) atoms. The Labute approximate surface area is 400 Å². The van der Waals surface area contributed by atoms with E-state index >= 15 is 0 Å². The molecule has 0 atom stereocenters. The van der Waals surface area contributed by atoms with E-state index in [2.05, 4.69) is 60.0 Å². The summed E-state index contributed by atoms with van der Waals surface area (Å²) >= 11 is 0. The average molecular weight is 908 g/mol. The number of aryl methyl sites for hydroxylation is 1. The number of nitriles is 2. The number of fused-ring (bicyclic) bond motifs is 3. The fraction of sp³-hybridized carbons (Fsp3) is 0.322. The maximum Gasteiger partial charge on any atom is 0.306 e. The van der Waals surface area contributed by atoms with E-state index in [9.17, 15) is 9.59 Å². The highest BCUT2D eigenvalue weighted by Gasteiger charge is 2.14. The molecular formula is C59H61N3O6. The van der Waals surface area contributed by atoms with Crippen molar-refractivity contribution in [3.63, 3.8) is 0 Å². The van der Waals surface area contributed by atoms with Gasteiger partial charge < -0.3 is 23.5 Å². The van der Waals surface area contributed by atoms with Crippen LogP contribution in [-0.2, 0) is 38.8 Å². The standard InChI is InChI=1S/C59H61N3O6/c1-2-3-4-5-10-35-62-56-33-19-46(42-67-58(63)13-8-6-11-36-65-52-29-25-50(26-30-52)48-21-15-44(40-60)16-22-48)38-54(56)55-39-47(20-34-57(55)62)43-68-59(64)14-9-7-12-37-66-53-31-27-51(28-32-53)49-23-17-45(41-61)18-24-49/h15-34,38-39H,2-14,35-37,42-43H2,1H3. The van der Waals surface area contributed by atoms with Gasteiger partial charge in [0.25, 0.3) is 0 Å². The van der Waals surface area contributed by atoms with Crippen LogP contribution in [0.1, 0.15) is 113 Å². The second kappa shape index (κ2) is 25.5. The van der Waals surface area contributed by atoms with E-state index in [1.807, 2.05) is 97.1 Å². The second-order valence-electron chi connectivity index (χ2n) is 17.3. The Morgan fingerprint density at radius 3 is 1.28 bits per heavy atom. The minimum atomic E-state index is -0.209. The number of aromatic nitrogens is 1. The molecule has 0 N–H and O–H groups in total. The molecule has 0 saturated heterocycles. The van der Waals surface area contributed by atoms with Crippen molar-refractivity contribution < 1.29 is 28.5 Å². The summed E-state index contributed by atoms with van der Waals surface area (Å²) in [5, 5.41) is 20.3. The Kier molecular flexibility index (Phi) is 18.2. The van der Waals surface area contributed by atoms with Gasteiger partial charge in [0.2, 0.25) is 0 Å². The Morgan fingerprint density at radius 1 is 0.471 bits per heavy atom. The van der Waals surface area contributed by atoms with Crippen molar-refractivity contribution >= 4 is 33.7 Å². The third-order valence-corrected chi connectivity index (χ3v) is 12.3. The number of esters is 2. The first-order chi connectivity index (χ1) is 33.4. The zero-order chi connectivity index (χ0) is 47.3. The highest BCUT2D eigenvalue weighted by atomic mass is 16.5. The smallest absolute Gasteiger partial charge is 0.306 e. The number of benzene rings is 6. The molecule has 0 aliphatic heterocycles. The second-order valence-corrected chi connectivity index (χ2v) is 17.3. The summed E-state index contributed by atoms with van der Waals surface area (Å²) in [6.45, 7) is 4.70. The Bertz CT molecular complexity index is 2610. The van der Waals surface area contributed by atoms with Crippen molar-refractivity contribution in [1.29, 1.82) is 10.5 Å². The molecule has 1 heterocycles. The van der Waals surface area contributed by atoms with Gasteiger partial charge in [0, 0.05) is 41.2 Å². The fourth-order valence-corrected chi connectivity index (χ4v) is 8.40. The van der Waals surface area contributed by atoms with Crippen molar-refractivity contribution in [3.05, 3.63) is 156 Å². The van der Waals surface area contributed by atoms with Crippen LogP contribution in [-0.4, -0.2) is 29.7 Å². The van der Waals surface area contributed by atoms with Crippen LogP contribution in [0.5, 0.6) is 11.5 Å². The van der Waals surface area contributed by atoms with Crippen molar-refractivity contribution in [2.45, 2.75) is 110 Å². The molecule has 0 bridgehead atoms. The molecule has 0 aliphatic rings. The van der Waals surface area contributed by atoms with Crippen LogP contribution in [0, 0.1) is 22.7 Å². The van der Waals surface area contributed by atoms with Crippen molar-refractivity contribution in [1.82, 2.24) is 4.57 Å². The summed E-state index contributed by atoms with van der Waals surface area (Å²) in [4.78, 5) is 25.6. The van der Waals surface area contributed by atoms with Gasteiger partial charge in [-0.3, -0.25) is 9.59 Å². The van der Waals surface area contributed by atoms with Crippen LogP contribution in [0.2, 0.25) is 0 Å². The molecule has 0 spiro atoms. The van der Waals surface area contributed by atoms with E-state index in [0.29, 0.717) is 37.2 Å². The maximum absolute atomic E-state index is 12.8. The molecule has 9 heteroatoms. The Morgan fingerprint density at radius 2 is 0.868 bits per heavy atom. The number of carbonyl (C=O) groups excluding carboxylic acids is 2. The summed E-state index contributed by atoms with van der Waals surface area (Å²) in [6, 6.07) is 47.9. The lowest BCUT2D eigenvalue weighted by Gasteiger charge is -2.09. The number of carbonyl (C=O) groups is 2. The molecule has 7 rings (SSSR count). The molecule has 0 amide bonds. The lowest BCUT2D eigenvalue weighted by molar-refractivity contribution is -0.146. The zero-order valence-electron chi connectivity index (χ0n) is 39.2. The Balaban J connectivity index is 0.842. The third kappa shape index (κ3) is 14.1. The van der Waals surface area contributed by atoms with E-state index in [-0.39, 0.29) is 25.2 Å². The van der Waals surface area contributed by atoms with Crippen molar-refractivity contribution in [2.24, 2.45) is 0 Å². The van der Waals surface area contributed by atoms with E-state index < -0.39 is 0 Å². The van der Waals surface area contributed by atoms with Crippen molar-refractivity contribution in [3.8, 4) is 45.9 Å². The highest BCUT2D eigenvalue weighted by molar-refractivity contribution is 6.08. The van der Waals surface area contributed by atoms with Gasteiger partial charge in [-0.2, -0.15) is 10.5 Å². The average Bonchev–Trinajstić information content (AvgIpc) is 3.69. The van der Waals surface area contributed by atoms with Crippen LogP contribution in [0.3, 0.4) is 0 Å². The number of hydrogen-bond donors (Lipinski definition) is 0. The summed E-state index contributed by atoms with van der Waals surface area (Å²) < 4.78 is 25.8. The van der Waals surface area contributed by atoms with Crippen LogP contribution in [0.25, 0.3) is 44.1 Å². The number of hydrogen-bond acceptors (Lipinski definition) is 8. The quantitative estimate of drug-likeness (QED) is 0.0389. The van der Waals surface area contributed by atoms with E-state index in [0.717, 1.165) is 118 Å². The van der Waals surface area contributed by atoms with Gasteiger partial charge in [-0.25, -0.2) is 0 Å². The molecule has 9 nitrogen and oxygen atoms in total. The molecular weight excluding hydrogens is 847 g/mol. The normalized spacial score (nSPS) is 11.0. The number of unbranched alkanes of at least 4 members (excludes halogenated alkanes) is 8. The largest absolute Gasteiger partial charge is 0.494 e. The number of rotatable bonds is 26. The predicted octanol–water partition coefficient (Wildman–Crippen LogP) is 14.2. The van der Waals surface area contributed by atoms with Gasteiger partial charge in [0.05, 0.1) is 36.5 Å². The molecule has 0 unspecified atom stereocenters. The molecule has 1 aromatic heterocycles. The molecule has 0 fully saturated rings. The van der Waals surface area contributed by atoms with E-state index in [1.54, 1.807) is 0 Å². The molecule has 6 aromatic carbocycles. The fourth-order valence-electron chi connectivity index (χ4n) is 8.40. The topological polar surface area (TPSA) is 124 Å². The van der Waals surface area contributed by atoms with Gasteiger partial charge in [-0.05, 0) is 151 Å². The minimum absolute atomic E-state index is 0.206. The Hall–Kier alpha value is -7.36. The van der Waals surface area contributed by atoms with Crippen LogP contribution >= 0.6 is 0 Å². The molecule has 0 radical (unpaired) electrons. The SMILES string of the molecule is CCCCCCCn1c2ccc(COC(=O)CCCCCOc3ccc(-c4ccc(C#N)cc4)cc3)cc2c2cc(COC(=O)CCCCCOc3ccc(-c4ccc(C#N)cc4)cc3)ccc21. The van der Waals surface area contributed by atoms with Crippen LogP contribution in [0.15, 0.2) is 133 Å². The van der Waals surface area contributed by atoms with Crippen LogP contribution in [0.4, 0.5) is 0 Å². The molecule has 348 valence electrons. The first-order valence-corrected chi connectivity index (χ1v) is 24.2. The van der Waals surface area contributed by atoms with Gasteiger partial charge in [0.15, 0.2) is 0 Å². The third-order valence-electron chi connectivity index (χ3n) is 12.3. The lowest BCUT2D eigenvalue weighted by atomic mass is 10.0. The number of nitrogens with zero attached hydrogens (tertiary/aromatic N) is 3. The van der Waals surface area contributed by atoms with Gasteiger partial charge in [-0.1, -0.05) is 93.3 Å². The molecule has 7 aromatic rings.